The number of amides is 2. The number of hydrogen-bond donors (Lipinski definition) is 3. The molecule has 1 aromatic carbocycles. The lowest BCUT2D eigenvalue weighted by atomic mass is 10.0. The molecule has 3 rings (SSSR count). The zero-order valence-electron chi connectivity index (χ0n) is 14.7. The molecule has 7 nitrogen and oxygen atoms in total. The highest BCUT2D eigenvalue weighted by molar-refractivity contribution is 5.87. The fourth-order valence-corrected chi connectivity index (χ4v) is 3.39. The number of fused-ring (bicyclic) bond motifs is 1. The van der Waals surface area contributed by atoms with Gasteiger partial charge in [-0.05, 0) is 25.3 Å². The molecule has 1 saturated heterocycles. The van der Waals surface area contributed by atoms with Crippen molar-refractivity contribution in [1.29, 1.82) is 0 Å². The lowest BCUT2D eigenvalue weighted by Gasteiger charge is -2.36. The number of H-pyrrole nitrogens is 1. The number of carbonyl (C=O) groups is 2. The van der Waals surface area contributed by atoms with Crippen molar-refractivity contribution >= 4 is 35.1 Å². The third kappa shape index (κ3) is 4.74. The quantitative estimate of drug-likeness (QED) is 0.705. The molecule has 1 fully saturated rings. The Morgan fingerprint density at radius 2 is 2.12 bits per heavy atom. The minimum absolute atomic E-state index is 0. The number of aromatic amines is 1. The van der Waals surface area contributed by atoms with Gasteiger partial charge in [0.15, 0.2) is 0 Å². The number of likely N-dealkylation sites (tertiary alicyclic amines) is 1. The number of para-hydroxylation sites is 1. The molecule has 2 amide bonds. The molecule has 1 unspecified atom stereocenters. The van der Waals surface area contributed by atoms with Gasteiger partial charge in [-0.25, -0.2) is 0 Å². The van der Waals surface area contributed by atoms with E-state index in [1.807, 2.05) is 29.2 Å². The predicted molar refractivity (Wildman–Crippen MR) is 103 cm³/mol. The van der Waals surface area contributed by atoms with Crippen molar-refractivity contribution in [1.82, 2.24) is 20.4 Å². The van der Waals surface area contributed by atoms with Gasteiger partial charge in [-0.15, -0.1) is 12.4 Å². The van der Waals surface area contributed by atoms with Gasteiger partial charge in [-0.2, -0.15) is 5.10 Å². The van der Waals surface area contributed by atoms with Gasteiger partial charge >= 0.3 is 0 Å². The van der Waals surface area contributed by atoms with E-state index in [-0.39, 0.29) is 30.3 Å². The van der Waals surface area contributed by atoms with Crippen LogP contribution in [0.2, 0.25) is 0 Å². The number of carbonyl (C=O) groups excluding carboxylic acids is 2. The number of nitrogens with one attached hydrogen (secondary N) is 2. The van der Waals surface area contributed by atoms with Crippen LogP contribution in [0, 0.1) is 0 Å². The lowest BCUT2D eigenvalue weighted by molar-refractivity contribution is -0.134. The Labute approximate surface area is 159 Å². The van der Waals surface area contributed by atoms with Crippen molar-refractivity contribution in [3.8, 4) is 0 Å². The van der Waals surface area contributed by atoms with Crippen LogP contribution in [0.1, 0.15) is 31.4 Å². The highest BCUT2D eigenvalue weighted by atomic mass is 35.5. The largest absolute Gasteiger partial charge is 0.354 e. The molecule has 1 aliphatic rings. The molecule has 0 spiro atoms. The molecule has 1 aromatic heterocycles. The second kappa shape index (κ2) is 9.54. The molecule has 0 aliphatic carbocycles. The van der Waals surface area contributed by atoms with Crippen LogP contribution in [0.15, 0.2) is 24.3 Å². The van der Waals surface area contributed by atoms with Gasteiger partial charge in [0.25, 0.3) is 0 Å². The Hall–Kier alpha value is -2.12. The Morgan fingerprint density at radius 1 is 1.31 bits per heavy atom. The number of rotatable bonds is 6. The maximum atomic E-state index is 12.8. The summed E-state index contributed by atoms with van der Waals surface area (Å²) in [4.78, 5) is 26.4. The Bertz CT molecular complexity index is 748. The highest BCUT2D eigenvalue weighted by Crippen LogP contribution is 2.20. The molecule has 2 aromatic rings. The zero-order valence-corrected chi connectivity index (χ0v) is 15.6. The smallest absolute Gasteiger partial charge is 0.228 e. The van der Waals surface area contributed by atoms with Crippen molar-refractivity contribution in [3.63, 3.8) is 0 Å². The molecule has 8 heteroatoms. The van der Waals surface area contributed by atoms with Crippen molar-refractivity contribution in [3.05, 3.63) is 30.0 Å². The van der Waals surface area contributed by atoms with Gasteiger partial charge in [-0.1, -0.05) is 18.2 Å². The lowest BCUT2D eigenvalue weighted by Crippen LogP contribution is -2.50. The maximum absolute atomic E-state index is 12.8. The highest BCUT2D eigenvalue weighted by Gasteiger charge is 2.27. The number of halogens is 1. The van der Waals surface area contributed by atoms with E-state index in [2.05, 4.69) is 15.5 Å². The summed E-state index contributed by atoms with van der Waals surface area (Å²) in [6.07, 6.45) is 3.61. The summed E-state index contributed by atoms with van der Waals surface area (Å²) in [5.74, 6) is 0.0206. The van der Waals surface area contributed by atoms with Crippen LogP contribution in [0.25, 0.3) is 10.9 Å². The summed E-state index contributed by atoms with van der Waals surface area (Å²) >= 11 is 0. The SMILES string of the molecule is Cl.NCCC(=O)NCC1CCCCN1C(=O)Cc1[nH]nc2ccccc12. The summed E-state index contributed by atoms with van der Waals surface area (Å²) in [7, 11) is 0. The molecule has 0 bridgehead atoms. The molecule has 0 saturated carbocycles. The number of nitrogens with two attached hydrogens (primary N) is 1. The summed E-state index contributed by atoms with van der Waals surface area (Å²) in [6.45, 7) is 1.57. The van der Waals surface area contributed by atoms with Gasteiger partial charge in [0.1, 0.15) is 0 Å². The zero-order chi connectivity index (χ0) is 17.6. The Morgan fingerprint density at radius 3 is 2.92 bits per heavy atom. The van der Waals surface area contributed by atoms with Gasteiger partial charge in [0, 0.05) is 37.5 Å². The molecular formula is C18H26ClN5O2. The van der Waals surface area contributed by atoms with Crippen molar-refractivity contribution < 1.29 is 9.59 Å². The Balaban J connectivity index is 0.00000243. The Kier molecular flexibility index (Phi) is 7.41. The molecule has 142 valence electrons. The van der Waals surface area contributed by atoms with E-state index in [0.29, 0.717) is 25.9 Å². The molecule has 2 heterocycles. The number of piperidine rings is 1. The van der Waals surface area contributed by atoms with Crippen LogP contribution in [-0.4, -0.2) is 52.6 Å². The summed E-state index contributed by atoms with van der Waals surface area (Å²) < 4.78 is 0. The number of hydrogen-bond acceptors (Lipinski definition) is 4. The van der Waals surface area contributed by atoms with E-state index in [1.165, 1.54) is 0 Å². The molecule has 26 heavy (non-hydrogen) atoms. The minimum atomic E-state index is -0.0555. The van der Waals surface area contributed by atoms with E-state index >= 15 is 0 Å². The molecule has 0 radical (unpaired) electrons. The van der Waals surface area contributed by atoms with E-state index < -0.39 is 0 Å². The van der Waals surface area contributed by atoms with Gasteiger partial charge in [0.05, 0.1) is 17.6 Å². The minimum Gasteiger partial charge on any atom is -0.354 e. The molecule has 4 N–H and O–H groups in total. The topological polar surface area (TPSA) is 104 Å². The first-order chi connectivity index (χ1) is 12.2. The van der Waals surface area contributed by atoms with E-state index in [1.54, 1.807) is 0 Å². The van der Waals surface area contributed by atoms with Crippen LogP contribution in [-0.2, 0) is 16.0 Å². The monoisotopic (exact) mass is 379 g/mol. The predicted octanol–water partition coefficient (Wildman–Crippen LogP) is 1.37. The van der Waals surface area contributed by atoms with Crippen molar-refractivity contribution in [2.24, 2.45) is 5.73 Å². The number of aromatic nitrogens is 2. The van der Waals surface area contributed by atoms with E-state index in [4.69, 9.17) is 5.73 Å². The van der Waals surface area contributed by atoms with Crippen molar-refractivity contribution in [2.75, 3.05) is 19.6 Å². The standard InChI is InChI=1S/C18H25N5O2.ClH/c19-9-8-17(24)20-12-13-5-3-4-10-23(13)18(25)11-16-14-6-1-2-7-15(14)21-22-16;/h1-2,6-7,13H,3-5,8-12,19H2,(H,20,24)(H,21,22);1H. The van der Waals surface area contributed by atoms with Crippen LogP contribution in [0.5, 0.6) is 0 Å². The van der Waals surface area contributed by atoms with E-state index in [0.717, 1.165) is 42.4 Å². The van der Waals surface area contributed by atoms with Crippen LogP contribution in [0.4, 0.5) is 0 Å². The maximum Gasteiger partial charge on any atom is 0.228 e. The molecule has 1 atom stereocenters. The first kappa shape index (κ1) is 20.2. The molecular weight excluding hydrogens is 354 g/mol. The van der Waals surface area contributed by atoms with Crippen LogP contribution >= 0.6 is 12.4 Å². The average Bonchev–Trinajstić information content (AvgIpc) is 3.03. The van der Waals surface area contributed by atoms with E-state index in [9.17, 15) is 9.59 Å². The van der Waals surface area contributed by atoms with Crippen LogP contribution in [0.3, 0.4) is 0 Å². The first-order valence-electron chi connectivity index (χ1n) is 8.87. The summed E-state index contributed by atoms with van der Waals surface area (Å²) in [6, 6.07) is 7.83. The third-order valence-corrected chi connectivity index (χ3v) is 4.72. The second-order valence-electron chi connectivity index (χ2n) is 6.48. The van der Waals surface area contributed by atoms with Gasteiger partial charge in [-0.3, -0.25) is 14.7 Å². The van der Waals surface area contributed by atoms with Crippen LogP contribution < -0.4 is 11.1 Å². The summed E-state index contributed by atoms with van der Waals surface area (Å²) in [5.41, 5.74) is 7.11. The van der Waals surface area contributed by atoms with Crippen molar-refractivity contribution in [2.45, 2.75) is 38.1 Å². The van der Waals surface area contributed by atoms with Gasteiger partial charge in [0.2, 0.25) is 11.8 Å². The number of nitrogens with zero attached hydrogens (tertiary/aromatic N) is 2. The first-order valence-corrected chi connectivity index (χ1v) is 8.87. The normalized spacial score (nSPS) is 17.0. The average molecular weight is 380 g/mol. The number of benzene rings is 1. The van der Waals surface area contributed by atoms with Gasteiger partial charge < -0.3 is 16.0 Å². The second-order valence-corrected chi connectivity index (χ2v) is 6.48. The third-order valence-electron chi connectivity index (χ3n) is 4.72. The molecule has 1 aliphatic heterocycles. The fourth-order valence-electron chi connectivity index (χ4n) is 3.39. The summed E-state index contributed by atoms with van der Waals surface area (Å²) in [5, 5.41) is 11.1. The fraction of sp³-hybridized carbons (Fsp3) is 0.500.